The first-order valence-corrected chi connectivity index (χ1v) is 8.18. The van der Waals surface area contributed by atoms with E-state index in [1.54, 1.807) is 0 Å². The monoisotopic (exact) mass is 395 g/mol. The van der Waals surface area contributed by atoms with Crippen molar-refractivity contribution >= 4 is 31.9 Å². The van der Waals surface area contributed by atoms with Crippen LogP contribution < -0.4 is 10.5 Å². The fourth-order valence-electron chi connectivity index (χ4n) is 2.08. The number of rotatable bonds is 4. The number of ether oxygens (including phenoxy) is 1. The van der Waals surface area contributed by atoms with Gasteiger partial charge in [-0.2, -0.15) is 0 Å². The van der Waals surface area contributed by atoms with Crippen LogP contribution in [0.1, 0.15) is 30.0 Å². The standard InChI is InChI=1S/C16H15Br2NO/c17-12-7-11(8-13(18)9-12)16(19)10-1-3-14(4-2-10)20-15-5-6-15/h1-4,7-9,15-16H,5-6,19H2. The zero-order chi connectivity index (χ0) is 14.1. The fraction of sp³-hybridized carbons (Fsp3) is 0.250. The van der Waals surface area contributed by atoms with E-state index in [1.165, 1.54) is 12.8 Å². The van der Waals surface area contributed by atoms with Gasteiger partial charge in [-0.05, 0) is 54.3 Å². The third-order valence-electron chi connectivity index (χ3n) is 3.31. The molecular weight excluding hydrogens is 382 g/mol. The average molecular weight is 397 g/mol. The molecule has 2 aromatic rings. The van der Waals surface area contributed by atoms with E-state index in [4.69, 9.17) is 10.5 Å². The Morgan fingerprint density at radius 2 is 1.55 bits per heavy atom. The molecule has 1 atom stereocenters. The number of benzene rings is 2. The van der Waals surface area contributed by atoms with Gasteiger partial charge in [0.1, 0.15) is 5.75 Å². The molecule has 0 spiro atoms. The molecule has 1 fully saturated rings. The van der Waals surface area contributed by atoms with Crippen LogP contribution in [0.5, 0.6) is 5.75 Å². The van der Waals surface area contributed by atoms with Crippen molar-refractivity contribution in [2.45, 2.75) is 25.0 Å². The molecule has 4 heteroatoms. The third kappa shape index (κ3) is 3.43. The molecular formula is C16H15Br2NO. The maximum Gasteiger partial charge on any atom is 0.119 e. The molecule has 1 aliphatic carbocycles. The van der Waals surface area contributed by atoms with E-state index < -0.39 is 0 Å². The Morgan fingerprint density at radius 3 is 2.10 bits per heavy atom. The Labute approximate surface area is 135 Å². The van der Waals surface area contributed by atoms with Gasteiger partial charge in [0.2, 0.25) is 0 Å². The number of halogens is 2. The largest absolute Gasteiger partial charge is 0.490 e. The van der Waals surface area contributed by atoms with E-state index in [0.29, 0.717) is 6.10 Å². The molecule has 1 aliphatic rings. The first-order chi connectivity index (χ1) is 9.61. The van der Waals surface area contributed by atoms with Crippen molar-refractivity contribution in [2.75, 3.05) is 0 Å². The van der Waals surface area contributed by atoms with Crippen LogP contribution >= 0.6 is 31.9 Å². The molecule has 20 heavy (non-hydrogen) atoms. The normalized spacial score (nSPS) is 15.9. The third-order valence-corrected chi connectivity index (χ3v) is 4.23. The van der Waals surface area contributed by atoms with Crippen LogP contribution in [-0.2, 0) is 0 Å². The predicted octanol–water partition coefficient (Wildman–Crippen LogP) is 4.80. The molecule has 0 saturated heterocycles. The van der Waals surface area contributed by atoms with Crippen molar-refractivity contribution in [2.24, 2.45) is 5.73 Å². The van der Waals surface area contributed by atoms with Crippen LogP contribution in [0.15, 0.2) is 51.4 Å². The van der Waals surface area contributed by atoms with Crippen molar-refractivity contribution in [3.05, 3.63) is 62.5 Å². The summed E-state index contributed by atoms with van der Waals surface area (Å²) < 4.78 is 7.79. The summed E-state index contributed by atoms with van der Waals surface area (Å²) in [5, 5.41) is 0. The van der Waals surface area contributed by atoms with Gasteiger partial charge in [-0.1, -0.05) is 44.0 Å². The van der Waals surface area contributed by atoms with E-state index >= 15 is 0 Å². The summed E-state index contributed by atoms with van der Waals surface area (Å²) in [7, 11) is 0. The second-order valence-corrected chi connectivity index (χ2v) is 6.90. The summed E-state index contributed by atoms with van der Waals surface area (Å²) in [5.41, 5.74) is 8.49. The van der Waals surface area contributed by atoms with Gasteiger partial charge in [0.15, 0.2) is 0 Å². The Hall–Kier alpha value is -0.840. The molecule has 1 saturated carbocycles. The van der Waals surface area contributed by atoms with Crippen molar-refractivity contribution < 1.29 is 4.74 Å². The van der Waals surface area contributed by atoms with Crippen LogP contribution in [0, 0.1) is 0 Å². The van der Waals surface area contributed by atoms with Gasteiger partial charge in [0, 0.05) is 8.95 Å². The summed E-state index contributed by atoms with van der Waals surface area (Å²) >= 11 is 6.99. The minimum atomic E-state index is -0.140. The maximum absolute atomic E-state index is 6.34. The second-order valence-electron chi connectivity index (χ2n) is 5.07. The Balaban J connectivity index is 1.79. The molecule has 2 nitrogen and oxygen atoms in total. The zero-order valence-electron chi connectivity index (χ0n) is 10.9. The molecule has 0 heterocycles. The number of nitrogens with two attached hydrogens (primary N) is 1. The Bertz CT molecular complexity index is 588. The van der Waals surface area contributed by atoms with E-state index in [9.17, 15) is 0 Å². The number of hydrogen-bond donors (Lipinski definition) is 1. The summed E-state index contributed by atoms with van der Waals surface area (Å²) in [6.45, 7) is 0. The minimum Gasteiger partial charge on any atom is -0.490 e. The second kappa shape index (κ2) is 5.88. The molecule has 2 N–H and O–H groups in total. The molecule has 0 aromatic heterocycles. The van der Waals surface area contributed by atoms with Gasteiger partial charge in [-0.3, -0.25) is 0 Å². The van der Waals surface area contributed by atoms with E-state index in [2.05, 4.69) is 31.9 Å². The topological polar surface area (TPSA) is 35.2 Å². The molecule has 0 amide bonds. The number of hydrogen-bond acceptors (Lipinski definition) is 2. The molecule has 3 rings (SSSR count). The summed E-state index contributed by atoms with van der Waals surface area (Å²) in [6.07, 6.45) is 2.77. The predicted molar refractivity (Wildman–Crippen MR) is 88.0 cm³/mol. The lowest BCUT2D eigenvalue weighted by Crippen LogP contribution is -2.11. The van der Waals surface area contributed by atoms with Crippen molar-refractivity contribution in [3.63, 3.8) is 0 Å². The highest BCUT2D eigenvalue weighted by atomic mass is 79.9. The van der Waals surface area contributed by atoms with Crippen LogP contribution in [-0.4, -0.2) is 6.10 Å². The molecule has 1 unspecified atom stereocenters. The smallest absolute Gasteiger partial charge is 0.119 e. The highest BCUT2D eigenvalue weighted by Crippen LogP contribution is 2.30. The van der Waals surface area contributed by atoms with E-state index in [-0.39, 0.29) is 6.04 Å². The van der Waals surface area contributed by atoms with Crippen molar-refractivity contribution in [1.29, 1.82) is 0 Å². The molecule has 0 radical (unpaired) electrons. The minimum absolute atomic E-state index is 0.140. The molecule has 0 aliphatic heterocycles. The molecule has 104 valence electrons. The lowest BCUT2D eigenvalue weighted by molar-refractivity contribution is 0.303. The lowest BCUT2D eigenvalue weighted by Gasteiger charge is -2.14. The van der Waals surface area contributed by atoms with Gasteiger partial charge in [-0.15, -0.1) is 0 Å². The van der Waals surface area contributed by atoms with Crippen LogP contribution in [0.4, 0.5) is 0 Å². The molecule has 2 aromatic carbocycles. The maximum atomic E-state index is 6.34. The fourth-order valence-corrected chi connectivity index (χ4v) is 3.41. The first-order valence-electron chi connectivity index (χ1n) is 6.60. The highest BCUT2D eigenvalue weighted by Gasteiger charge is 2.23. The van der Waals surface area contributed by atoms with Gasteiger partial charge in [-0.25, -0.2) is 0 Å². The van der Waals surface area contributed by atoms with Gasteiger partial charge in [0.25, 0.3) is 0 Å². The quantitative estimate of drug-likeness (QED) is 0.805. The summed E-state index contributed by atoms with van der Waals surface area (Å²) in [6, 6.07) is 14.0. The van der Waals surface area contributed by atoms with Crippen LogP contribution in [0.3, 0.4) is 0 Å². The van der Waals surface area contributed by atoms with Crippen LogP contribution in [0.2, 0.25) is 0 Å². The van der Waals surface area contributed by atoms with Gasteiger partial charge in [0.05, 0.1) is 12.1 Å². The average Bonchev–Trinajstić information content (AvgIpc) is 3.22. The Morgan fingerprint density at radius 1 is 0.950 bits per heavy atom. The van der Waals surface area contributed by atoms with E-state index in [1.807, 2.05) is 42.5 Å². The first kappa shape index (κ1) is 14.1. The Kier molecular flexibility index (Phi) is 4.15. The van der Waals surface area contributed by atoms with Crippen molar-refractivity contribution in [1.82, 2.24) is 0 Å². The van der Waals surface area contributed by atoms with Crippen molar-refractivity contribution in [3.8, 4) is 5.75 Å². The molecule has 0 bridgehead atoms. The van der Waals surface area contributed by atoms with Gasteiger partial charge < -0.3 is 10.5 Å². The van der Waals surface area contributed by atoms with Crippen LogP contribution in [0.25, 0.3) is 0 Å². The summed E-state index contributed by atoms with van der Waals surface area (Å²) in [4.78, 5) is 0. The highest BCUT2D eigenvalue weighted by molar-refractivity contribution is 9.11. The SMILES string of the molecule is NC(c1ccc(OC2CC2)cc1)c1cc(Br)cc(Br)c1. The zero-order valence-corrected chi connectivity index (χ0v) is 14.0. The lowest BCUT2D eigenvalue weighted by atomic mass is 10.00. The van der Waals surface area contributed by atoms with E-state index in [0.717, 1.165) is 25.8 Å². The van der Waals surface area contributed by atoms with Gasteiger partial charge >= 0.3 is 0 Å². The summed E-state index contributed by atoms with van der Waals surface area (Å²) in [5.74, 6) is 0.930.